The smallest absolute Gasteiger partial charge is 0.164 e. The lowest BCUT2D eigenvalue weighted by Gasteiger charge is -2.16. The highest BCUT2D eigenvalue weighted by Crippen LogP contribution is 2.50. The monoisotopic (exact) mass is 832 g/mol. The van der Waals surface area contributed by atoms with Crippen LogP contribution < -0.4 is 0 Å². The van der Waals surface area contributed by atoms with E-state index in [1.54, 1.807) is 0 Å². The molecular formula is C58H52N6. The zero-order chi connectivity index (χ0) is 44.9. The second kappa shape index (κ2) is 15.3. The van der Waals surface area contributed by atoms with Crippen LogP contribution in [0.5, 0.6) is 0 Å². The van der Waals surface area contributed by atoms with Gasteiger partial charge in [0.15, 0.2) is 34.9 Å². The molecule has 2 heterocycles. The summed E-state index contributed by atoms with van der Waals surface area (Å²) in [5.41, 5.74) is 24.9. The third-order valence-electron chi connectivity index (χ3n) is 13.0. The van der Waals surface area contributed by atoms with Gasteiger partial charge < -0.3 is 0 Å². The first-order chi connectivity index (χ1) is 30.6. The summed E-state index contributed by atoms with van der Waals surface area (Å²) in [6.07, 6.45) is 0. The average molecular weight is 833 g/mol. The molecule has 0 fully saturated rings. The van der Waals surface area contributed by atoms with Gasteiger partial charge in [-0.1, -0.05) is 107 Å². The average Bonchev–Trinajstić information content (AvgIpc) is 3.53. The summed E-state index contributed by atoms with van der Waals surface area (Å²) < 4.78 is 0. The lowest BCUT2D eigenvalue weighted by Crippen LogP contribution is -2.04. The molecule has 0 aliphatic heterocycles. The Balaban J connectivity index is 1.16. The van der Waals surface area contributed by atoms with Crippen molar-refractivity contribution in [1.82, 2.24) is 29.9 Å². The SMILES string of the molecule is Cc1cc(C)c(-c2nc(-c3ccc4c(c3)-c3cccc5c(-c6nc(-c7c(C)cc(C)cc7C)nc(-c7c(C)cc(C)cc7C)n6)ccc-4c35)nc(-c3c(C)cc(C)cc3C)n2)c(C)c1. The number of aromatic nitrogens is 6. The molecule has 0 spiro atoms. The van der Waals surface area contributed by atoms with E-state index >= 15 is 0 Å². The van der Waals surface area contributed by atoms with Gasteiger partial charge in [0.1, 0.15) is 0 Å². The molecule has 0 bridgehead atoms. The Morgan fingerprint density at radius 2 is 0.594 bits per heavy atom. The molecule has 0 radical (unpaired) electrons. The summed E-state index contributed by atoms with van der Waals surface area (Å²) in [5, 5.41) is 2.29. The third-order valence-corrected chi connectivity index (χ3v) is 13.0. The molecule has 0 amide bonds. The third kappa shape index (κ3) is 6.80. The Hall–Kier alpha value is -7.18. The van der Waals surface area contributed by atoms with E-state index < -0.39 is 0 Å². The van der Waals surface area contributed by atoms with Gasteiger partial charge in [-0.25, -0.2) is 29.9 Å². The molecule has 7 aromatic carbocycles. The summed E-state index contributed by atoms with van der Waals surface area (Å²) in [4.78, 5) is 31.6. The predicted molar refractivity (Wildman–Crippen MR) is 265 cm³/mol. The summed E-state index contributed by atoms with van der Waals surface area (Å²) >= 11 is 0. The Morgan fingerprint density at radius 3 is 1.00 bits per heavy atom. The number of benzene rings is 7. The van der Waals surface area contributed by atoms with Crippen LogP contribution in [0.3, 0.4) is 0 Å². The lowest BCUT2D eigenvalue weighted by molar-refractivity contribution is 1.06. The zero-order valence-electron chi connectivity index (χ0n) is 38.9. The molecule has 1 aliphatic rings. The van der Waals surface area contributed by atoms with Crippen molar-refractivity contribution in [2.75, 3.05) is 0 Å². The molecule has 0 saturated heterocycles. The topological polar surface area (TPSA) is 77.3 Å². The molecule has 6 nitrogen and oxygen atoms in total. The molecule has 6 heteroatoms. The van der Waals surface area contributed by atoms with Gasteiger partial charge in [-0.15, -0.1) is 0 Å². The Bertz CT molecular complexity index is 3220. The van der Waals surface area contributed by atoms with E-state index in [-0.39, 0.29) is 0 Å². The second-order valence-electron chi connectivity index (χ2n) is 18.4. The first kappa shape index (κ1) is 40.9. The summed E-state index contributed by atoms with van der Waals surface area (Å²) in [6, 6.07) is 35.4. The Kier molecular flexibility index (Phi) is 9.75. The van der Waals surface area contributed by atoms with Crippen molar-refractivity contribution in [1.29, 1.82) is 0 Å². The highest BCUT2D eigenvalue weighted by Gasteiger charge is 2.27. The fraction of sp³-hybridized carbons (Fsp3) is 0.207. The van der Waals surface area contributed by atoms with Crippen molar-refractivity contribution in [3.63, 3.8) is 0 Å². The highest BCUT2D eigenvalue weighted by atomic mass is 15.0. The van der Waals surface area contributed by atoms with Crippen LogP contribution in [0.1, 0.15) is 66.8 Å². The van der Waals surface area contributed by atoms with Crippen LogP contribution in [0.25, 0.3) is 101 Å². The van der Waals surface area contributed by atoms with Gasteiger partial charge in [-0.2, -0.15) is 0 Å². The van der Waals surface area contributed by atoms with Crippen molar-refractivity contribution in [3.8, 4) is 90.6 Å². The van der Waals surface area contributed by atoms with Gasteiger partial charge in [-0.3, -0.25) is 0 Å². The van der Waals surface area contributed by atoms with E-state index in [9.17, 15) is 0 Å². The first-order valence-electron chi connectivity index (χ1n) is 22.2. The number of aryl methyl sites for hydroxylation is 12. The van der Waals surface area contributed by atoms with Gasteiger partial charge >= 0.3 is 0 Å². The van der Waals surface area contributed by atoms with Gasteiger partial charge in [0.25, 0.3) is 0 Å². The minimum atomic E-state index is 0.652. The minimum Gasteiger partial charge on any atom is -0.208 e. The molecule has 0 atom stereocenters. The van der Waals surface area contributed by atoms with Crippen LogP contribution in [-0.2, 0) is 0 Å². The molecule has 1 aliphatic carbocycles. The fourth-order valence-corrected chi connectivity index (χ4v) is 10.8. The molecule has 0 saturated carbocycles. The van der Waals surface area contributed by atoms with E-state index in [1.165, 1.54) is 44.3 Å². The largest absolute Gasteiger partial charge is 0.208 e. The summed E-state index contributed by atoms with van der Waals surface area (Å²) in [6.45, 7) is 25.8. The van der Waals surface area contributed by atoms with Crippen LogP contribution in [-0.4, -0.2) is 29.9 Å². The van der Waals surface area contributed by atoms with E-state index in [0.29, 0.717) is 34.9 Å². The summed E-state index contributed by atoms with van der Waals surface area (Å²) in [5.74, 6) is 4.06. The quantitative estimate of drug-likeness (QED) is 0.166. The Morgan fingerprint density at radius 1 is 0.266 bits per heavy atom. The number of hydrogen-bond acceptors (Lipinski definition) is 6. The maximum Gasteiger partial charge on any atom is 0.164 e. The number of rotatable bonds is 6. The molecule has 314 valence electrons. The predicted octanol–water partition coefficient (Wildman–Crippen LogP) is 14.6. The molecule has 0 unspecified atom stereocenters. The van der Waals surface area contributed by atoms with Gasteiger partial charge in [0.05, 0.1) is 0 Å². The van der Waals surface area contributed by atoms with Crippen molar-refractivity contribution in [2.45, 2.75) is 83.1 Å². The van der Waals surface area contributed by atoms with Crippen molar-refractivity contribution < 1.29 is 0 Å². The maximum atomic E-state index is 5.32. The second-order valence-corrected chi connectivity index (χ2v) is 18.4. The molecule has 9 aromatic rings. The van der Waals surface area contributed by atoms with E-state index in [2.05, 4.69) is 180 Å². The number of fused-ring (bicyclic) bond motifs is 3. The first-order valence-corrected chi connectivity index (χ1v) is 22.2. The minimum absolute atomic E-state index is 0.652. The van der Waals surface area contributed by atoms with Crippen molar-refractivity contribution >= 4 is 10.8 Å². The van der Waals surface area contributed by atoms with Gasteiger partial charge in [0, 0.05) is 33.4 Å². The van der Waals surface area contributed by atoms with Gasteiger partial charge in [-0.05, 0) is 173 Å². The van der Waals surface area contributed by atoms with Crippen molar-refractivity contribution in [2.24, 2.45) is 0 Å². The molecule has 0 N–H and O–H groups in total. The number of hydrogen-bond donors (Lipinski definition) is 0. The van der Waals surface area contributed by atoms with E-state index in [0.717, 1.165) is 88.8 Å². The van der Waals surface area contributed by atoms with Crippen LogP contribution in [0.15, 0.2) is 97.1 Å². The molecular weight excluding hydrogens is 781 g/mol. The Labute approximate surface area is 376 Å². The maximum absolute atomic E-state index is 5.32. The van der Waals surface area contributed by atoms with E-state index in [1.807, 2.05) is 0 Å². The fourth-order valence-electron chi connectivity index (χ4n) is 10.8. The zero-order valence-corrected chi connectivity index (χ0v) is 38.9. The standard InChI is InChI=1S/C58H52N6/c1-29-20-33(5)48(34(6)21-29)55-59-53(60-56(63-55)49-35(7)22-30(2)23-36(49)8)41-16-17-42-45-18-19-46(43-14-13-15-44(52(43)45)47(42)28-41)54-61-57(50-37(9)24-31(3)25-38(50)10)64-58(62-54)51-39(11)26-32(4)27-40(51)12/h13-28H,1-12H3. The van der Waals surface area contributed by atoms with Crippen molar-refractivity contribution in [3.05, 3.63) is 164 Å². The van der Waals surface area contributed by atoms with Crippen LogP contribution in [0, 0.1) is 83.1 Å². The van der Waals surface area contributed by atoms with E-state index in [4.69, 9.17) is 29.9 Å². The highest BCUT2D eigenvalue weighted by molar-refractivity contribution is 6.18. The normalized spacial score (nSPS) is 11.8. The molecule has 10 rings (SSSR count). The van der Waals surface area contributed by atoms with Crippen LogP contribution >= 0.6 is 0 Å². The molecule has 2 aromatic heterocycles. The lowest BCUT2D eigenvalue weighted by atomic mass is 9.96. The number of nitrogens with zero attached hydrogens (tertiary/aromatic N) is 6. The van der Waals surface area contributed by atoms with Crippen LogP contribution in [0.4, 0.5) is 0 Å². The van der Waals surface area contributed by atoms with Crippen LogP contribution in [0.2, 0.25) is 0 Å². The summed E-state index contributed by atoms with van der Waals surface area (Å²) in [7, 11) is 0. The van der Waals surface area contributed by atoms with Gasteiger partial charge in [0.2, 0.25) is 0 Å². The molecule has 64 heavy (non-hydrogen) atoms.